The van der Waals surface area contributed by atoms with Gasteiger partial charge < -0.3 is 19.6 Å². The minimum absolute atomic E-state index is 0.0150. The van der Waals surface area contributed by atoms with Crippen LogP contribution in [0.15, 0.2) is 0 Å². The molecule has 0 bridgehead atoms. The second-order valence-corrected chi connectivity index (χ2v) is 4.61. The van der Waals surface area contributed by atoms with Crippen molar-refractivity contribution in [2.75, 3.05) is 13.2 Å². The van der Waals surface area contributed by atoms with E-state index in [1.54, 1.807) is 0 Å². The SMILES string of the molecule is CCCC(C)OCC(O)COP(=O)(O)O. The molecule has 0 aliphatic rings. The number of phosphoric acid groups is 1. The molecule has 0 spiro atoms. The van der Waals surface area contributed by atoms with Gasteiger partial charge in [-0.15, -0.1) is 0 Å². The van der Waals surface area contributed by atoms with Crippen LogP contribution in [0.25, 0.3) is 0 Å². The highest BCUT2D eigenvalue weighted by Gasteiger charge is 2.17. The zero-order chi connectivity index (χ0) is 11.9. The van der Waals surface area contributed by atoms with Crippen LogP contribution in [0.5, 0.6) is 0 Å². The molecule has 0 aromatic rings. The van der Waals surface area contributed by atoms with E-state index in [2.05, 4.69) is 4.52 Å². The predicted molar refractivity (Wildman–Crippen MR) is 54.3 cm³/mol. The van der Waals surface area contributed by atoms with Crippen molar-refractivity contribution >= 4 is 7.82 Å². The summed E-state index contributed by atoms with van der Waals surface area (Å²) in [4.78, 5) is 16.7. The number of hydrogen-bond acceptors (Lipinski definition) is 4. The zero-order valence-electron chi connectivity index (χ0n) is 9.00. The number of ether oxygens (including phenoxy) is 1. The van der Waals surface area contributed by atoms with E-state index in [0.717, 1.165) is 12.8 Å². The lowest BCUT2D eigenvalue weighted by Crippen LogP contribution is -2.24. The monoisotopic (exact) mass is 242 g/mol. The molecule has 6 nitrogen and oxygen atoms in total. The zero-order valence-corrected chi connectivity index (χ0v) is 9.89. The first-order valence-electron chi connectivity index (χ1n) is 4.85. The molecule has 15 heavy (non-hydrogen) atoms. The number of aliphatic hydroxyl groups is 1. The fraction of sp³-hybridized carbons (Fsp3) is 1.00. The molecular formula is C8H19O6P. The van der Waals surface area contributed by atoms with Crippen molar-refractivity contribution < 1.29 is 28.7 Å². The van der Waals surface area contributed by atoms with Gasteiger partial charge in [0.1, 0.15) is 6.10 Å². The lowest BCUT2D eigenvalue weighted by atomic mass is 10.2. The highest BCUT2D eigenvalue weighted by Crippen LogP contribution is 2.35. The van der Waals surface area contributed by atoms with Crippen LogP contribution in [0.1, 0.15) is 26.7 Å². The van der Waals surface area contributed by atoms with Gasteiger partial charge in [0, 0.05) is 0 Å². The van der Waals surface area contributed by atoms with E-state index >= 15 is 0 Å². The summed E-state index contributed by atoms with van der Waals surface area (Å²) in [6.45, 7) is 3.48. The summed E-state index contributed by atoms with van der Waals surface area (Å²) in [5.74, 6) is 0. The Morgan fingerprint density at radius 2 is 1.93 bits per heavy atom. The van der Waals surface area contributed by atoms with Crippen molar-refractivity contribution in [2.45, 2.75) is 38.9 Å². The second kappa shape index (κ2) is 7.33. The Balaban J connectivity index is 3.57. The topological polar surface area (TPSA) is 96.2 Å². The Labute approximate surface area is 89.5 Å². The summed E-state index contributed by atoms with van der Waals surface area (Å²) in [6, 6.07) is 0. The van der Waals surface area contributed by atoms with Crippen molar-refractivity contribution in [3.8, 4) is 0 Å². The van der Waals surface area contributed by atoms with Crippen molar-refractivity contribution in [2.24, 2.45) is 0 Å². The summed E-state index contributed by atoms with van der Waals surface area (Å²) in [6.07, 6.45) is 0.874. The summed E-state index contributed by atoms with van der Waals surface area (Å²) in [7, 11) is -4.50. The normalized spacial score (nSPS) is 16.3. The molecule has 0 amide bonds. The maximum absolute atomic E-state index is 10.3. The molecule has 0 aliphatic carbocycles. The quantitative estimate of drug-likeness (QED) is 0.541. The Morgan fingerprint density at radius 3 is 2.40 bits per heavy atom. The minimum atomic E-state index is -4.50. The van der Waals surface area contributed by atoms with E-state index in [4.69, 9.17) is 14.5 Å². The van der Waals surface area contributed by atoms with Crippen molar-refractivity contribution in [1.82, 2.24) is 0 Å². The van der Waals surface area contributed by atoms with E-state index < -0.39 is 20.5 Å². The van der Waals surface area contributed by atoms with Crippen LogP contribution in [0.4, 0.5) is 0 Å². The number of aliphatic hydroxyl groups excluding tert-OH is 1. The van der Waals surface area contributed by atoms with Gasteiger partial charge in [0.25, 0.3) is 0 Å². The third-order valence-corrected chi connectivity index (χ3v) is 2.19. The average Bonchev–Trinajstić information content (AvgIpc) is 2.11. The molecule has 0 saturated carbocycles. The molecule has 92 valence electrons. The Morgan fingerprint density at radius 1 is 1.33 bits per heavy atom. The Hall–Kier alpha value is 0.0300. The van der Waals surface area contributed by atoms with Gasteiger partial charge in [-0.05, 0) is 13.3 Å². The standard InChI is InChI=1S/C8H19O6P/c1-3-4-7(2)13-5-8(9)6-14-15(10,11)12/h7-9H,3-6H2,1-2H3,(H2,10,11,12). The molecule has 3 N–H and O–H groups in total. The predicted octanol–water partition coefficient (Wildman–Crippen LogP) is 0.662. The lowest BCUT2D eigenvalue weighted by Gasteiger charge is -2.16. The first-order valence-corrected chi connectivity index (χ1v) is 6.38. The largest absolute Gasteiger partial charge is 0.469 e. The summed E-state index contributed by atoms with van der Waals surface area (Å²) in [5.41, 5.74) is 0. The molecule has 0 aromatic carbocycles. The molecule has 0 aliphatic heterocycles. The third-order valence-electron chi connectivity index (χ3n) is 1.70. The molecule has 0 saturated heterocycles. The average molecular weight is 242 g/mol. The van der Waals surface area contributed by atoms with Crippen LogP contribution in [-0.4, -0.2) is 40.3 Å². The fourth-order valence-electron chi connectivity index (χ4n) is 0.996. The highest BCUT2D eigenvalue weighted by molar-refractivity contribution is 7.46. The molecule has 2 unspecified atom stereocenters. The first kappa shape index (κ1) is 15.0. The van der Waals surface area contributed by atoms with Crippen LogP contribution in [0.2, 0.25) is 0 Å². The maximum Gasteiger partial charge on any atom is 0.469 e. The molecule has 0 heterocycles. The smallest absolute Gasteiger partial charge is 0.388 e. The van der Waals surface area contributed by atoms with Gasteiger partial charge >= 0.3 is 7.82 Å². The van der Waals surface area contributed by atoms with Crippen molar-refractivity contribution in [1.29, 1.82) is 0 Å². The number of phosphoric ester groups is 1. The van der Waals surface area contributed by atoms with Gasteiger partial charge in [-0.1, -0.05) is 13.3 Å². The number of hydrogen-bond donors (Lipinski definition) is 3. The van der Waals surface area contributed by atoms with E-state index in [1.807, 2.05) is 13.8 Å². The van der Waals surface area contributed by atoms with Gasteiger partial charge in [0.05, 0.1) is 19.3 Å². The van der Waals surface area contributed by atoms with Crippen LogP contribution in [0, 0.1) is 0 Å². The maximum atomic E-state index is 10.3. The van der Waals surface area contributed by atoms with E-state index in [9.17, 15) is 9.67 Å². The van der Waals surface area contributed by atoms with Crippen LogP contribution in [0.3, 0.4) is 0 Å². The Bertz CT molecular complexity index is 203. The van der Waals surface area contributed by atoms with Crippen molar-refractivity contribution in [3.05, 3.63) is 0 Å². The molecule has 0 fully saturated rings. The van der Waals surface area contributed by atoms with Crippen molar-refractivity contribution in [3.63, 3.8) is 0 Å². The van der Waals surface area contributed by atoms with E-state index in [-0.39, 0.29) is 12.7 Å². The van der Waals surface area contributed by atoms with Crippen LogP contribution in [-0.2, 0) is 13.8 Å². The highest BCUT2D eigenvalue weighted by atomic mass is 31.2. The molecule has 2 atom stereocenters. The second-order valence-electron chi connectivity index (χ2n) is 3.37. The van der Waals surface area contributed by atoms with Crippen LogP contribution < -0.4 is 0 Å². The molecule has 7 heteroatoms. The van der Waals surface area contributed by atoms with E-state index in [1.165, 1.54) is 0 Å². The first-order chi connectivity index (χ1) is 6.85. The minimum Gasteiger partial charge on any atom is -0.388 e. The van der Waals surface area contributed by atoms with Gasteiger partial charge in [-0.2, -0.15) is 0 Å². The molecule has 0 rings (SSSR count). The lowest BCUT2D eigenvalue weighted by molar-refractivity contribution is -0.0245. The fourth-order valence-corrected chi connectivity index (χ4v) is 1.36. The van der Waals surface area contributed by atoms with Gasteiger partial charge in [0.2, 0.25) is 0 Å². The summed E-state index contributed by atoms with van der Waals surface area (Å²) in [5, 5.41) is 9.24. The van der Waals surface area contributed by atoms with E-state index in [0.29, 0.717) is 0 Å². The van der Waals surface area contributed by atoms with Gasteiger partial charge in [-0.3, -0.25) is 4.52 Å². The van der Waals surface area contributed by atoms with Crippen LogP contribution >= 0.6 is 7.82 Å². The number of rotatable bonds is 8. The van der Waals surface area contributed by atoms with Gasteiger partial charge in [-0.25, -0.2) is 4.57 Å². The summed E-state index contributed by atoms with van der Waals surface area (Å²) >= 11 is 0. The summed E-state index contributed by atoms with van der Waals surface area (Å²) < 4.78 is 19.6. The molecule has 0 aromatic heterocycles. The van der Waals surface area contributed by atoms with Gasteiger partial charge in [0.15, 0.2) is 0 Å². The molecule has 0 radical (unpaired) electrons. The molecular weight excluding hydrogens is 223 g/mol. The third kappa shape index (κ3) is 10.3. The Kier molecular flexibility index (Phi) is 7.34.